The average molecular weight is 390 g/mol. The van der Waals surface area contributed by atoms with Crippen LogP contribution >= 0.6 is 0 Å². The van der Waals surface area contributed by atoms with Crippen LogP contribution in [-0.2, 0) is 11.2 Å². The predicted octanol–water partition coefficient (Wildman–Crippen LogP) is 4.59. The highest BCUT2D eigenvalue weighted by Crippen LogP contribution is 2.23. The highest BCUT2D eigenvalue weighted by molar-refractivity contribution is 5.86. The number of rotatable bonds is 8. The Morgan fingerprint density at radius 2 is 1.66 bits per heavy atom. The first-order valence-electron chi connectivity index (χ1n) is 10.5. The summed E-state index contributed by atoms with van der Waals surface area (Å²) in [6, 6.07) is 18.7. The van der Waals surface area contributed by atoms with Crippen molar-refractivity contribution in [2.45, 2.75) is 40.2 Å². The number of amides is 1. The Balaban J connectivity index is 1.75. The molecule has 1 atom stereocenters. The normalized spacial score (nSPS) is 12.3. The van der Waals surface area contributed by atoms with E-state index in [1.165, 1.54) is 5.56 Å². The van der Waals surface area contributed by atoms with E-state index >= 15 is 0 Å². The number of hydrogen-bond acceptors (Lipinski definition) is 3. The first-order valence-corrected chi connectivity index (χ1v) is 10.5. The van der Waals surface area contributed by atoms with Crippen LogP contribution in [0.3, 0.4) is 0 Å². The largest absolute Gasteiger partial charge is 0.354 e. The molecule has 0 bridgehead atoms. The van der Waals surface area contributed by atoms with Gasteiger partial charge in [0.15, 0.2) is 0 Å². The number of aryl methyl sites for hydroxylation is 2. The Bertz CT molecular complexity index is 964. The molecule has 4 heteroatoms. The SMILES string of the molecule is CCN(CC)C(CNC(=O)Cc1c(C)nc2ccccc2c1C)c1ccccc1. The van der Waals surface area contributed by atoms with E-state index in [4.69, 9.17) is 4.98 Å². The van der Waals surface area contributed by atoms with Crippen LogP contribution in [0.15, 0.2) is 54.6 Å². The molecule has 4 nitrogen and oxygen atoms in total. The lowest BCUT2D eigenvalue weighted by molar-refractivity contribution is -0.120. The van der Waals surface area contributed by atoms with Gasteiger partial charge >= 0.3 is 0 Å². The number of pyridine rings is 1. The standard InChI is InChI=1S/C25H31N3O/c1-5-28(6-2)24(20-12-8-7-9-13-20)17-26-25(29)16-22-18(3)21-14-10-11-15-23(21)27-19(22)4/h7-15,24H,5-6,16-17H2,1-4H3,(H,26,29). The number of hydrogen-bond donors (Lipinski definition) is 1. The maximum absolute atomic E-state index is 12.8. The molecule has 1 amide bonds. The summed E-state index contributed by atoms with van der Waals surface area (Å²) in [4.78, 5) is 19.9. The van der Waals surface area contributed by atoms with E-state index in [2.05, 4.69) is 61.3 Å². The van der Waals surface area contributed by atoms with Crippen molar-refractivity contribution in [3.8, 4) is 0 Å². The smallest absolute Gasteiger partial charge is 0.224 e. The van der Waals surface area contributed by atoms with E-state index in [1.54, 1.807) is 0 Å². The number of benzene rings is 2. The lowest BCUT2D eigenvalue weighted by Gasteiger charge is -2.30. The minimum atomic E-state index is 0.0429. The maximum atomic E-state index is 12.8. The summed E-state index contributed by atoms with van der Waals surface area (Å²) in [7, 11) is 0. The molecule has 2 aromatic carbocycles. The summed E-state index contributed by atoms with van der Waals surface area (Å²) in [5, 5.41) is 4.29. The second-order valence-corrected chi connectivity index (χ2v) is 7.45. The van der Waals surface area contributed by atoms with Crippen molar-refractivity contribution in [3.05, 3.63) is 77.0 Å². The molecular formula is C25H31N3O. The van der Waals surface area contributed by atoms with E-state index in [1.807, 2.05) is 31.2 Å². The summed E-state index contributed by atoms with van der Waals surface area (Å²) >= 11 is 0. The highest BCUT2D eigenvalue weighted by Gasteiger charge is 2.19. The molecule has 1 N–H and O–H groups in total. The van der Waals surface area contributed by atoms with Crippen LogP contribution in [0.5, 0.6) is 0 Å². The summed E-state index contributed by atoms with van der Waals surface area (Å²) in [5.74, 6) is 0.0429. The van der Waals surface area contributed by atoms with Gasteiger partial charge in [0.2, 0.25) is 5.91 Å². The highest BCUT2D eigenvalue weighted by atomic mass is 16.1. The molecule has 0 radical (unpaired) electrons. The number of para-hydroxylation sites is 1. The van der Waals surface area contributed by atoms with E-state index in [0.717, 1.165) is 40.8 Å². The van der Waals surface area contributed by atoms with Crippen LogP contribution in [0.25, 0.3) is 10.9 Å². The third-order valence-electron chi connectivity index (χ3n) is 5.75. The van der Waals surface area contributed by atoms with Gasteiger partial charge in [0, 0.05) is 17.6 Å². The predicted molar refractivity (Wildman–Crippen MR) is 120 cm³/mol. The average Bonchev–Trinajstić information content (AvgIpc) is 2.74. The van der Waals surface area contributed by atoms with Gasteiger partial charge in [-0.2, -0.15) is 0 Å². The van der Waals surface area contributed by atoms with Crippen LogP contribution in [-0.4, -0.2) is 35.4 Å². The van der Waals surface area contributed by atoms with Crippen LogP contribution < -0.4 is 5.32 Å². The summed E-state index contributed by atoms with van der Waals surface area (Å²) in [6.45, 7) is 10.9. The topological polar surface area (TPSA) is 45.2 Å². The Morgan fingerprint density at radius 1 is 1.00 bits per heavy atom. The molecule has 3 rings (SSSR count). The Kier molecular flexibility index (Phi) is 6.99. The number of nitrogens with zero attached hydrogens (tertiary/aromatic N) is 2. The quantitative estimate of drug-likeness (QED) is 0.613. The number of carbonyl (C=O) groups is 1. The van der Waals surface area contributed by atoms with Gasteiger partial charge in [-0.15, -0.1) is 0 Å². The molecule has 0 saturated carbocycles. The Morgan fingerprint density at radius 3 is 2.34 bits per heavy atom. The second kappa shape index (κ2) is 9.66. The van der Waals surface area contributed by atoms with Crippen LogP contribution in [0, 0.1) is 13.8 Å². The molecule has 0 aliphatic heterocycles. The molecule has 0 saturated heterocycles. The van der Waals surface area contributed by atoms with E-state index in [9.17, 15) is 4.79 Å². The van der Waals surface area contributed by atoms with Gasteiger partial charge in [0.05, 0.1) is 18.0 Å². The molecule has 0 fully saturated rings. The number of aromatic nitrogens is 1. The van der Waals surface area contributed by atoms with Crippen LogP contribution in [0.4, 0.5) is 0 Å². The van der Waals surface area contributed by atoms with Gasteiger partial charge in [0.1, 0.15) is 0 Å². The fourth-order valence-corrected chi connectivity index (χ4v) is 4.06. The number of likely N-dealkylation sites (N-methyl/N-ethyl adjacent to an activating group) is 1. The molecule has 152 valence electrons. The van der Waals surface area contributed by atoms with Crippen molar-refractivity contribution in [2.24, 2.45) is 0 Å². The third-order valence-corrected chi connectivity index (χ3v) is 5.75. The molecule has 0 aliphatic rings. The van der Waals surface area contributed by atoms with Gasteiger partial charge in [0.25, 0.3) is 0 Å². The fraction of sp³-hybridized carbons (Fsp3) is 0.360. The van der Waals surface area contributed by atoms with Crippen molar-refractivity contribution in [3.63, 3.8) is 0 Å². The summed E-state index contributed by atoms with van der Waals surface area (Å²) < 4.78 is 0. The lowest BCUT2D eigenvalue weighted by Crippen LogP contribution is -2.38. The second-order valence-electron chi connectivity index (χ2n) is 7.45. The van der Waals surface area contributed by atoms with Crippen molar-refractivity contribution >= 4 is 16.8 Å². The molecule has 3 aromatic rings. The maximum Gasteiger partial charge on any atom is 0.224 e. The zero-order valence-corrected chi connectivity index (χ0v) is 17.9. The first kappa shape index (κ1) is 21.0. The molecule has 1 aromatic heterocycles. The molecule has 0 aliphatic carbocycles. The Hall–Kier alpha value is -2.72. The number of nitrogens with one attached hydrogen (secondary N) is 1. The van der Waals surface area contributed by atoms with Crippen molar-refractivity contribution in [2.75, 3.05) is 19.6 Å². The molecular weight excluding hydrogens is 358 g/mol. The van der Waals surface area contributed by atoms with E-state index in [-0.39, 0.29) is 11.9 Å². The van der Waals surface area contributed by atoms with E-state index in [0.29, 0.717) is 13.0 Å². The van der Waals surface area contributed by atoms with Crippen molar-refractivity contribution in [1.29, 1.82) is 0 Å². The van der Waals surface area contributed by atoms with Crippen molar-refractivity contribution in [1.82, 2.24) is 15.2 Å². The number of fused-ring (bicyclic) bond motifs is 1. The molecule has 1 unspecified atom stereocenters. The summed E-state index contributed by atoms with van der Waals surface area (Å²) in [6.07, 6.45) is 0.356. The van der Waals surface area contributed by atoms with E-state index < -0.39 is 0 Å². The van der Waals surface area contributed by atoms with Gasteiger partial charge in [-0.3, -0.25) is 14.7 Å². The zero-order chi connectivity index (χ0) is 20.8. The van der Waals surface area contributed by atoms with Gasteiger partial charge < -0.3 is 5.32 Å². The number of carbonyl (C=O) groups excluding carboxylic acids is 1. The summed E-state index contributed by atoms with van der Waals surface area (Å²) in [5.41, 5.74) is 5.32. The van der Waals surface area contributed by atoms with Gasteiger partial charge in [-0.05, 0) is 49.7 Å². The van der Waals surface area contributed by atoms with Gasteiger partial charge in [-0.25, -0.2) is 0 Å². The lowest BCUT2D eigenvalue weighted by atomic mass is 9.99. The minimum Gasteiger partial charge on any atom is -0.354 e. The minimum absolute atomic E-state index is 0.0429. The molecule has 0 spiro atoms. The molecule has 29 heavy (non-hydrogen) atoms. The molecule has 1 heterocycles. The fourth-order valence-electron chi connectivity index (χ4n) is 4.06. The monoisotopic (exact) mass is 389 g/mol. The van der Waals surface area contributed by atoms with Crippen LogP contribution in [0.2, 0.25) is 0 Å². The Labute approximate surface area is 174 Å². The third kappa shape index (κ3) is 4.83. The van der Waals surface area contributed by atoms with Gasteiger partial charge in [-0.1, -0.05) is 62.4 Å². The zero-order valence-electron chi connectivity index (χ0n) is 17.9. The van der Waals surface area contributed by atoms with Crippen LogP contribution in [0.1, 0.15) is 42.3 Å². The first-order chi connectivity index (χ1) is 14.0. The van der Waals surface area contributed by atoms with Crippen molar-refractivity contribution < 1.29 is 4.79 Å².